The number of nitrogens with one attached hydrogen (secondary N) is 1. The lowest BCUT2D eigenvalue weighted by atomic mass is 10.1. The lowest BCUT2D eigenvalue weighted by molar-refractivity contribution is 0.102. The molecule has 0 bridgehead atoms. The van der Waals surface area contributed by atoms with Gasteiger partial charge in [-0.2, -0.15) is 0 Å². The second kappa shape index (κ2) is 5.53. The molecule has 4 heteroatoms. The number of hydrogen-bond donors (Lipinski definition) is 1. The Labute approximate surface area is 119 Å². The summed E-state index contributed by atoms with van der Waals surface area (Å²) in [6.45, 7) is 3.55. The van der Waals surface area contributed by atoms with Crippen LogP contribution in [0.15, 0.2) is 40.9 Å². The van der Waals surface area contributed by atoms with E-state index in [0.717, 1.165) is 15.7 Å². The summed E-state index contributed by atoms with van der Waals surface area (Å²) in [5.74, 6) is -0.556. The number of aryl methyl sites for hydroxylation is 2. The van der Waals surface area contributed by atoms with Crippen LogP contribution in [0.5, 0.6) is 0 Å². The van der Waals surface area contributed by atoms with Crippen molar-refractivity contribution < 1.29 is 9.18 Å². The Bertz CT molecular complexity index is 640. The highest BCUT2D eigenvalue weighted by molar-refractivity contribution is 9.10. The molecule has 2 aromatic rings. The molecule has 2 aromatic carbocycles. The maximum Gasteiger partial charge on any atom is 0.255 e. The average molecular weight is 322 g/mol. The first-order chi connectivity index (χ1) is 8.97. The van der Waals surface area contributed by atoms with Crippen molar-refractivity contribution in [2.75, 3.05) is 5.32 Å². The third-order valence-corrected chi connectivity index (χ3v) is 3.36. The van der Waals surface area contributed by atoms with Gasteiger partial charge in [0.1, 0.15) is 5.82 Å². The maximum atomic E-state index is 13.2. The summed E-state index contributed by atoms with van der Waals surface area (Å²) < 4.78 is 14.1. The van der Waals surface area contributed by atoms with Crippen molar-refractivity contribution in [3.8, 4) is 0 Å². The molecule has 0 unspecified atom stereocenters. The van der Waals surface area contributed by atoms with Gasteiger partial charge in [-0.3, -0.25) is 4.79 Å². The van der Waals surface area contributed by atoms with Crippen LogP contribution in [-0.4, -0.2) is 5.91 Å². The molecule has 19 heavy (non-hydrogen) atoms. The molecule has 0 aromatic heterocycles. The van der Waals surface area contributed by atoms with E-state index in [1.54, 1.807) is 6.92 Å². The zero-order valence-corrected chi connectivity index (χ0v) is 12.2. The molecule has 0 fully saturated rings. The smallest absolute Gasteiger partial charge is 0.255 e. The Morgan fingerprint density at radius 1 is 1.11 bits per heavy atom. The molecule has 0 heterocycles. The molecular formula is C15H13BrFNO. The lowest BCUT2D eigenvalue weighted by Crippen LogP contribution is -2.13. The number of carbonyl (C=O) groups excluding carboxylic acids is 1. The second-order valence-electron chi connectivity index (χ2n) is 4.38. The van der Waals surface area contributed by atoms with E-state index in [1.165, 1.54) is 18.2 Å². The van der Waals surface area contributed by atoms with E-state index in [4.69, 9.17) is 0 Å². The predicted octanol–water partition coefficient (Wildman–Crippen LogP) is 4.46. The number of hydrogen-bond acceptors (Lipinski definition) is 1. The molecule has 0 saturated carbocycles. The molecule has 0 aliphatic carbocycles. The van der Waals surface area contributed by atoms with E-state index >= 15 is 0 Å². The lowest BCUT2D eigenvalue weighted by Gasteiger charge is -2.09. The summed E-state index contributed by atoms with van der Waals surface area (Å²) in [6, 6.07) is 9.98. The minimum absolute atomic E-state index is 0.246. The van der Waals surface area contributed by atoms with Gasteiger partial charge in [0.15, 0.2) is 0 Å². The summed E-state index contributed by atoms with van der Waals surface area (Å²) >= 11 is 3.36. The zero-order valence-electron chi connectivity index (χ0n) is 10.6. The van der Waals surface area contributed by atoms with Crippen molar-refractivity contribution in [2.24, 2.45) is 0 Å². The third-order valence-electron chi connectivity index (χ3n) is 2.87. The molecule has 2 nitrogen and oxygen atoms in total. The van der Waals surface area contributed by atoms with Gasteiger partial charge < -0.3 is 5.32 Å². The Balaban J connectivity index is 2.25. The minimum atomic E-state index is -0.310. The number of amides is 1. The van der Waals surface area contributed by atoms with Crippen molar-refractivity contribution >= 4 is 27.5 Å². The van der Waals surface area contributed by atoms with Crippen LogP contribution >= 0.6 is 15.9 Å². The summed E-state index contributed by atoms with van der Waals surface area (Å²) in [5, 5.41) is 2.82. The van der Waals surface area contributed by atoms with Crippen molar-refractivity contribution in [3.05, 3.63) is 63.4 Å². The van der Waals surface area contributed by atoms with Gasteiger partial charge in [0.05, 0.1) is 0 Å². The van der Waals surface area contributed by atoms with Gasteiger partial charge in [-0.1, -0.05) is 22.0 Å². The van der Waals surface area contributed by atoms with Crippen LogP contribution in [0, 0.1) is 19.7 Å². The highest BCUT2D eigenvalue weighted by atomic mass is 79.9. The fraction of sp³-hybridized carbons (Fsp3) is 0.133. The maximum absolute atomic E-state index is 13.2. The molecule has 98 valence electrons. The van der Waals surface area contributed by atoms with Gasteiger partial charge in [-0.15, -0.1) is 0 Å². The quantitative estimate of drug-likeness (QED) is 0.869. The first-order valence-electron chi connectivity index (χ1n) is 5.81. The molecule has 0 saturated heterocycles. The van der Waals surface area contributed by atoms with E-state index in [9.17, 15) is 9.18 Å². The summed E-state index contributed by atoms with van der Waals surface area (Å²) in [4.78, 5) is 12.1. The normalized spacial score (nSPS) is 10.3. The van der Waals surface area contributed by atoms with Crippen molar-refractivity contribution in [2.45, 2.75) is 13.8 Å². The highest BCUT2D eigenvalue weighted by Crippen LogP contribution is 2.21. The number of rotatable bonds is 2. The largest absolute Gasteiger partial charge is 0.322 e. The standard InChI is InChI=1S/C15H13BrFNO/c1-9-3-5-12(16)8-14(9)18-15(19)11-4-6-13(17)10(2)7-11/h3-8H,1-2H3,(H,18,19). The predicted molar refractivity (Wildman–Crippen MR) is 78.0 cm³/mol. The Morgan fingerprint density at radius 2 is 1.84 bits per heavy atom. The summed E-state index contributed by atoms with van der Waals surface area (Å²) in [6.07, 6.45) is 0. The molecular weight excluding hydrogens is 309 g/mol. The van der Waals surface area contributed by atoms with Crippen molar-refractivity contribution in [3.63, 3.8) is 0 Å². The van der Waals surface area contributed by atoms with E-state index in [2.05, 4.69) is 21.2 Å². The topological polar surface area (TPSA) is 29.1 Å². The van der Waals surface area contributed by atoms with Gasteiger partial charge in [-0.05, 0) is 55.3 Å². The number of benzene rings is 2. The van der Waals surface area contributed by atoms with E-state index in [1.807, 2.05) is 25.1 Å². The molecule has 2 rings (SSSR count). The number of carbonyl (C=O) groups is 1. The third kappa shape index (κ3) is 3.20. The van der Waals surface area contributed by atoms with Crippen LogP contribution in [0.1, 0.15) is 21.5 Å². The van der Waals surface area contributed by atoms with Crippen LogP contribution in [0.25, 0.3) is 0 Å². The molecule has 0 spiro atoms. The Morgan fingerprint density at radius 3 is 2.53 bits per heavy atom. The van der Waals surface area contributed by atoms with Crippen LogP contribution in [-0.2, 0) is 0 Å². The van der Waals surface area contributed by atoms with Crippen molar-refractivity contribution in [1.29, 1.82) is 0 Å². The first kappa shape index (κ1) is 13.7. The zero-order chi connectivity index (χ0) is 14.0. The summed E-state index contributed by atoms with van der Waals surface area (Å²) in [5.41, 5.74) is 2.61. The fourth-order valence-corrected chi connectivity index (χ4v) is 2.07. The second-order valence-corrected chi connectivity index (χ2v) is 5.29. The van der Waals surface area contributed by atoms with Crippen LogP contribution < -0.4 is 5.32 Å². The first-order valence-corrected chi connectivity index (χ1v) is 6.60. The van der Waals surface area contributed by atoms with E-state index < -0.39 is 0 Å². The molecule has 0 aliphatic heterocycles. The Hall–Kier alpha value is -1.68. The van der Waals surface area contributed by atoms with E-state index in [-0.39, 0.29) is 11.7 Å². The number of halogens is 2. The monoisotopic (exact) mass is 321 g/mol. The molecule has 1 N–H and O–H groups in total. The molecule has 1 amide bonds. The minimum Gasteiger partial charge on any atom is -0.322 e. The van der Waals surface area contributed by atoms with Crippen LogP contribution in [0.3, 0.4) is 0 Å². The number of anilines is 1. The van der Waals surface area contributed by atoms with Gasteiger partial charge in [0.2, 0.25) is 0 Å². The van der Waals surface area contributed by atoms with Crippen molar-refractivity contribution in [1.82, 2.24) is 0 Å². The molecule has 0 aliphatic rings. The van der Waals surface area contributed by atoms with Gasteiger partial charge in [0.25, 0.3) is 5.91 Å². The average Bonchev–Trinajstić information content (AvgIpc) is 2.37. The summed E-state index contributed by atoms with van der Waals surface area (Å²) in [7, 11) is 0. The fourth-order valence-electron chi connectivity index (χ4n) is 1.71. The Kier molecular flexibility index (Phi) is 4.00. The van der Waals surface area contributed by atoms with Crippen LogP contribution in [0.4, 0.5) is 10.1 Å². The van der Waals surface area contributed by atoms with Crippen LogP contribution in [0.2, 0.25) is 0 Å². The highest BCUT2D eigenvalue weighted by Gasteiger charge is 2.09. The molecule has 0 radical (unpaired) electrons. The van der Waals surface area contributed by atoms with Gasteiger partial charge in [-0.25, -0.2) is 4.39 Å². The van der Waals surface area contributed by atoms with Gasteiger partial charge in [0, 0.05) is 15.7 Å². The SMILES string of the molecule is Cc1cc(C(=O)Nc2cc(Br)ccc2C)ccc1F. The molecule has 0 atom stereocenters. The van der Waals surface area contributed by atoms with E-state index in [0.29, 0.717) is 11.1 Å². The van der Waals surface area contributed by atoms with Gasteiger partial charge >= 0.3 is 0 Å².